The van der Waals surface area contributed by atoms with Crippen LogP contribution in [0.1, 0.15) is 25.5 Å². The summed E-state index contributed by atoms with van der Waals surface area (Å²) in [5.74, 6) is 1.39. The van der Waals surface area contributed by atoms with E-state index in [1.165, 1.54) is 0 Å². The highest BCUT2D eigenvalue weighted by molar-refractivity contribution is 7.80. The van der Waals surface area contributed by atoms with E-state index in [-0.39, 0.29) is 18.6 Å². The Morgan fingerprint density at radius 3 is 2.62 bits per heavy atom. The third-order valence-corrected chi connectivity index (χ3v) is 4.91. The van der Waals surface area contributed by atoms with Gasteiger partial charge < -0.3 is 14.8 Å². The Kier molecular flexibility index (Phi) is 4.12. The van der Waals surface area contributed by atoms with E-state index in [4.69, 9.17) is 21.7 Å². The van der Waals surface area contributed by atoms with E-state index in [1.54, 1.807) is 6.92 Å². The summed E-state index contributed by atoms with van der Waals surface area (Å²) in [6.07, 6.45) is 0. The molecule has 0 unspecified atom stereocenters. The molecule has 2 aromatic carbocycles. The molecule has 1 atom stereocenters. The van der Waals surface area contributed by atoms with Crippen molar-refractivity contribution in [3.05, 3.63) is 65.4 Å². The summed E-state index contributed by atoms with van der Waals surface area (Å²) in [5.41, 5.74) is 3.34. The number of benzene rings is 2. The van der Waals surface area contributed by atoms with Crippen LogP contribution in [0.4, 0.5) is 5.69 Å². The molecule has 0 amide bonds. The SMILES string of the molecule is CC(=O)C1=C(C)N(c2ccccc2)C(=S)N[C@@H]1c1ccc2c(c1)OCO2. The second-order valence-corrected chi connectivity index (χ2v) is 6.61. The number of carbonyl (C=O) groups excluding carboxylic acids is 1. The molecule has 2 aromatic rings. The molecule has 0 spiro atoms. The monoisotopic (exact) mass is 366 g/mol. The largest absolute Gasteiger partial charge is 0.454 e. The van der Waals surface area contributed by atoms with Crippen molar-refractivity contribution in [1.82, 2.24) is 5.32 Å². The van der Waals surface area contributed by atoms with Crippen molar-refractivity contribution in [2.75, 3.05) is 11.7 Å². The lowest BCUT2D eigenvalue weighted by Crippen LogP contribution is -2.47. The fourth-order valence-electron chi connectivity index (χ4n) is 3.43. The fraction of sp³-hybridized carbons (Fsp3) is 0.200. The quantitative estimate of drug-likeness (QED) is 0.836. The number of hydrogen-bond donors (Lipinski definition) is 1. The number of ketones is 1. The smallest absolute Gasteiger partial charge is 0.231 e. The van der Waals surface area contributed by atoms with Gasteiger partial charge in [0.1, 0.15) is 0 Å². The molecule has 132 valence electrons. The minimum absolute atomic E-state index is 0.00102. The third kappa shape index (κ3) is 2.72. The van der Waals surface area contributed by atoms with Gasteiger partial charge in [0, 0.05) is 17.0 Å². The Hall–Kier alpha value is -2.86. The first-order chi connectivity index (χ1) is 12.6. The average molecular weight is 366 g/mol. The molecule has 6 heteroatoms. The van der Waals surface area contributed by atoms with Crippen molar-refractivity contribution in [2.24, 2.45) is 0 Å². The van der Waals surface area contributed by atoms with Crippen LogP contribution < -0.4 is 19.7 Å². The van der Waals surface area contributed by atoms with Crippen LogP contribution in [-0.2, 0) is 4.79 Å². The molecule has 2 aliphatic rings. The highest BCUT2D eigenvalue weighted by atomic mass is 32.1. The van der Waals surface area contributed by atoms with Crippen LogP contribution in [0.25, 0.3) is 0 Å². The number of anilines is 1. The molecule has 0 bridgehead atoms. The van der Waals surface area contributed by atoms with Crippen LogP contribution in [0.3, 0.4) is 0 Å². The van der Waals surface area contributed by atoms with Gasteiger partial charge in [-0.1, -0.05) is 24.3 Å². The van der Waals surface area contributed by atoms with Crippen molar-refractivity contribution in [2.45, 2.75) is 19.9 Å². The van der Waals surface area contributed by atoms with E-state index in [2.05, 4.69) is 5.32 Å². The number of rotatable bonds is 3. The molecule has 2 aliphatic heterocycles. The summed E-state index contributed by atoms with van der Waals surface area (Å²) in [5, 5.41) is 3.87. The number of Topliss-reactive ketones (excluding diaryl/α,β-unsaturated/α-hetero) is 1. The van der Waals surface area contributed by atoms with Crippen molar-refractivity contribution < 1.29 is 14.3 Å². The standard InChI is InChI=1S/C20H18N2O3S/c1-12-18(13(2)23)19(14-8-9-16-17(10-14)25-11-24-16)21-20(26)22(12)15-6-4-3-5-7-15/h3-10,19H,11H2,1-2H3,(H,21,26)/t19-/m1/s1. The van der Waals surface area contributed by atoms with E-state index in [1.807, 2.05) is 60.4 Å². The highest BCUT2D eigenvalue weighted by Gasteiger charge is 2.33. The molecule has 5 nitrogen and oxygen atoms in total. The van der Waals surface area contributed by atoms with Crippen molar-refractivity contribution >= 4 is 28.8 Å². The first kappa shape index (κ1) is 16.6. The maximum Gasteiger partial charge on any atom is 0.231 e. The van der Waals surface area contributed by atoms with Gasteiger partial charge in [0.15, 0.2) is 22.4 Å². The van der Waals surface area contributed by atoms with Crippen molar-refractivity contribution in [1.29, 1.82) is 0 Å². The molecular weight excluding hydrogens is 348 g/mol. The lowest BCUT2D eigenvalue weighted by molar-refractivity contribution is -0.114. The highest BCUT2D eigenvalue weighted by Crippen LogP contribution is 2.38. The topological polar surface area (TPSA) is 50.8 Å². The maximum atomic E-state index is 12.5. The maximum absolute atomic E-state index is 12.5. The summed E-state index contributed by atoms with van der Waals surface area (Å²) < 4.78 is 10.9. The van der Waals surface area contributed by atoms with E-state index in [9.17, 15) is 4.79 Å². The number of fused-ring (bicyclic) bond motifs is 1. The van der Waals surface area contributed by atoms with E-state index in [0.29, 0.717) is 22.2 Å². The van der Waals surface area contributed by atoms with Gasteiger partial charge in [0.25, 0.3) is 0 Å². The van der Waals surface area contributed by atoms with Crippen LogP contribution in [0.5, 0.6) is 11.5 Å². The number of para-hydroxylation sites is 1. The van der Waals surface area contributed by atoms with Gasteiger partial charge in [-0.05, 0) is 55.9 Å². The second-order valence-electron chi connectivity index (χ2n) is 6.22. The van der Waals surface area contributed by atoms with Crippen LogP contribution in [0.2, 0.25) is 0 Å². The zero-order valence-electron chi connectivity index (χ0n) is 14.5. The fourth-order valence-corrected chi connectivity index (χ4v) is 3.79. The molecule has 0 saturated carbocycles. The van der Waals surface area contributed by atoms with Crippen LogP contribution in [0, 0.1) is 0 Å². The van der Waals surface area contributed by atoms with Gasteiger partial charge in [0.05, 0.1) is 6.04 Å². The molecule has 26 heavy (non-hydrogen) atoms. The third-order valence-electron chi connectivity index (χ3n) is 4.61. The van der Waals surface area contributed by atoms with Gasteiger partial charge >= 0.3 is 0 Å². The molecule has 0 fully saturated rings. The molecule has 2 heterocycles. The zero-order chi connectivity index (χ0) is 18.3. The van der Waals surface area contributed by atoms with Gasteiger partial charge in [0.2, 0.25) is 6.79 Å². The number of nitrogens with zero attached hydrogens (tertiary/aromatic N) is 1. The molecule has 4 rings (SSSR count). The number of carbonyl (C=O) groups is 1. The first-order valence-corrected chi connectivity index (χ1v) is 8.74. The summed E-state index contributed by atoms with van der Waals surface area (Å²) >= 11 is 5.62. The predicted molar refractivity (Wildman–Crippen MR) is 103 cm³/mol. The lowest BCUT2D eigenvalue weighted by atomic mass is 9.92. The molecule has 1 N–H and O–H groups in total. The van der Waals surface area contributed by atoms with Gasteiger partial charge in [-0.3, -0.25) is 9.69 Å². The number of ether oxygens (including phenoxy) is 2. The van der Waals surface area contributed by atoms with E-state index in [0.717, 1.165) is 16.9 Å². The number of allylic oxidation sites excluding steroid dienone is 1. The number of nitrogens with one attached hydrogen (secondary N) is 1. The number of thiocarbonyl (C=S) groups is 1. The first-order valence-electron chi connectivity index (χ1n) is 8.33. The molecule has 0 radical (unpaired) electrons. The minimum Gasteiger partial charge on any atom is -0.454 e. The molecule has 0 aromatic heterocycles. The van der Waals surface area contributed by atoms with Gasteiger partial charge in [-0.25, -0.2) is 0 Å². The zero-order valence-corrected chi connectivity index (χ0v) is 15.3. The summed E-state index contributed by atoms with van der Waals surface area (Å²) in [4.78, 5) is 14.4. The van der Waals surface area contributed by atoms with Gasteiger partial charge in [-0.15, -0.1) is 0 Å². The Morgan fingerprint density at radius 2 is 1.88 bits per heavy atom. The van der Waals surface area contributed by atoms with E-state index < -0.39 is 0 Å². The average Bonchev–Trinajstić information content (AvgIpc) is 3.09. The summed E-state index contributed by atoms with van der Waals surface area (Å²) in [6, 6.07) is 15.1. The predicted octanol–water partition coefficient (Wildman–Crippen LogP) is 3.71. The molecular formula is C20H18N2O3S. The van der Waals surface area contributed by atoms with Crippen LogP contribution >= 0.6 is 12.2 Å². The Labute approximate surface area is 157 Å². The molecule has 0 saturated heterocycles. The van der Waals surface area contributed by atoms with Crippen LogP contribution in [-0.4, -0.2) is 17.7 Å². The number of hydrogen-bond acceptors (Lipinski definition) is 4. The normalized spacial score (nSPS) is 18.8. The second kappa shape index (κ2) is 6.46. The van der Waals surface area contributed by atoms with Crippen molar-refractivity contribution in [3.63, 3.8) is 0 Å². The Morgan fingerprint density at radius 1 is 1.15 bits per heavy atom. The summed E-state index contributed by atoms with van der Waals surface area (Å²) in [6.45, 7) is 3.72. The van der Waals surface area contributed by atoms with Crippen LogP contribution in [0.15, 0.2) is 59.8 Å². The Balaban J connectivity index is 1.80. The van der Waals surface area contributed by atoms with Gasteiger partial charge in [-0.2, -0.15) is 0 Å². The Bertz CT molecular complexity index is 924. The van der Waals surface area contributed by atoms with Crippen molar-refractivity contribution in [3.8, 4) is 11.5 Å². The molecule has 0 aliphatic carbocycles. The lowest BCUT2D eigenvalue weighted by Gasteiger charge is -2.37. The summed E-state index contributed by atoms with van der Waals surface area (Å²) in [7, 11) is 0. The minimum atomic E-state index is -0.325. The van der Waals surface area contributed by atoms with E-state index >= 15 is 0 Å².